The van der Waals surface area contributed by atoms with Gasteiger partial charge in [-0.3, -0.25) is 19.5 Å². The summed E-state index contributed by atoms with van der Waals surface area (Å²) in [6.07, 6.45) is 10.0. The molecule has 2 aliphatic carbocycles. The Labute approximate surface area is 188 Å². The van der Waals surface area contributed by atoms with Crippen LogP contribution in [0.15, 0.2) is 47.6 Å². The molecule has 1 aromatic heterocycles. The summed E-state index contributed by atoms with van der Waals surface area (Å²) >= 11 is 0. The second kappa shape index (κ2) is 8.81. The number of aliphatic imine (C=N–C) groups is 1. The zero-order valence-corrected chi connectivity index (χ0v) is 18.5. The van der Waals surface area contributed by atoms with Crippen molar-refractivity contribution in [1.82, 2.24) is 20.5 Å². The number of hydrogen-bond acceptors (Lipinski definition) is 3. The fourth-order valence-electron chi connectivity index (χ4n) is 5.67. The number of imide groups is 1. The molecule has 32 heavy (non-hydrogen) atoms. The Balaban J connectivity index is 1.02. The van der Waals surface area contributed by atoms with Crippen molar-refractivity contribution in [3.8, 4) is 0 Å². The molecule has 1 saturated heterocycles. The minimum absolute atomic E-state index is 0.0386. The standard InChI is InChI=1S/C25H31N5O2/c1-26-25(27-11-4-6-18-15-29-20-8-3-2-7-19(18)20)28-12-5-13-30-23(31)21-16-9-10-17(14-16)22(21)24(30)32/h2-3,7-10,15-17,21-22,29H,4-6,11-14H2,1H3,(H2,26,27,28). The van der Waals surface area contributed by atoms with Gasteiger partial charge in [0.25, 0.3) is 0 Å². The zero-order chi connectivity index (χ0) is 22.1. The number of benzene rings is 1. The molecule has 2 fully saturated rings. The number of aromatic nitrogens is 1. The molecule has 1 aromatic carbocycles. The molecule has 0 radical (unpaired) electrons. The van der Waals surface area contributed by atoms with Crippen molar-refractivity contribution in [1.29, 1.82) is 0 Å². The summed E-state index contributed by atoms with van der Waals surface area (Å²) in [6, 6.07) is 8.36. The first-order chi connectivity index (χ1) is 15.7. The molecular formula is C25H31N5O2. The third-order valence-electron chi connectivity index (χ3n) is 7.23. The van der Waals surface area contributed by atoms with Gasteiger partial charge < -0.3 is 15.6 Å². The van der Waals surface area contributed by atoms with E-state index in [-0.39, 0.29) is 35.5 Å². The van der Waals surface area contributed by atoms with Crippen molar-refractivity contribution in [2.24, 2.45) is 28.7 Å². The average Bonchev–Trinajstić information content (AvgIpc) is 3.58. The van der Waals surface area contributed by atoms with E-state index in [1.165, 1.54) is 21.4 Å². The van der Waals surface area contributed by atoms with Gasteiger partial charge in [-0.25, -0.2) is 0 Å². The topological polar surface area (TPSA) is 89.6 Å². The number of H-pyrrole nitrogens is 1. The van der Waals surface area contributed by atoms with E-state index in [1.807, 2.05) is 6.07 Å². The van der Waals surface area contributed by atoms with Crippen LogP contribution in [-0.4, -0.2) is 54.3 Å². The molecule has 5 rings (SSSR count). The number of allylic oxidation sites excluding steroid dienone is 2. The fourth-order valence-corrected chi connectivity index (χ4v) is 5.67. The minimum Gasteiger partial charge on any atom is -0.361 e. The maximum absolute atomic E-state index is 12.7. The van der Waals surface area contributed by atoms with Gasteiger partial charge in [0.1, 0.15) is 0 Å². The molecule has 3 N–H and O–H groups in total. The van der Waals surface area contributed by atoms with Crippen molar-refractivity contribution in [3.05, 3.63) is 48.2 Å². The lowest BCUT2D eigenvalue weighted by atomic mass is 9.85. The van der Waals surface area contributed by atoms with Gasteiger partial charge in [-0.15, -0.1) is 0 Å². The molecule has 1 saturated carbocycles. The molecule has 3 aliphatic rings. The van der Waals surface area contributed by atoms with Gasteiger partial charge in [-0.05, 0) is 49.1 Å². The van der Waals surface area contributed by atoms with E-state index in [2.05, 4.69) is 57.2 Å². The van der Waals surface area contributed by atoms with Crippen LogP contribution >= 0.6 is 0 Å². The normalized spacial score (nSPS) is 26.4. The number of para-hydroxylation sites is 1. The summed E-state index contributed by atoms with van der Waals surface area (Å²) in [5, 5.41) is 7.93. The van der Waals surface area contributed by atoms with E-state index in [4.69, 9.17) is 0 Å². The molecule has 2 bridgehead atoms. The monoisotopic (exact) mass is 433 g/mol. The Kier molecular flexibility index (Phi) is 5.72. The van der Waals surface area contributed by atoms with Gasteiger partial charge in [-0.2, -0.15) is 0 Å². The number of aromatic amines is 1. The zero-order valence-electron chi connectivity index (χ0n) is 18.5. The Morgan fingerprint density at radius 1 is 1.06 bits per heavy atom. The molecule has 0 spiro atoms. The molecule has 7 nitrogen and oxygen atoms in total. The number of guanidine groups is 1. The van der Waals surface area contributed by atoms with Gasteiger partial charge >= 0.3 is 0 Å². The summed E-state index contributed by atoms with van der Waals surface area (Å²) in [7, 11) is 1.76. The predicted molar refractivity (Wildman–Crippen MR) is 125 cm³/mol. The number of carbonyl (C=O) groups excluding carboxylic acids is 2. The van der Waals surface area contributed by atoms with Crippen molar-refractivity contribution in [3.63, 3.8) is 0 Å². The number of amides is 2. The van der Waals surface area contributed by atoms with E-state index < -0.39 is 0 Å². The van der Waals surface area contributed by atoms with E-state index in [9.17, 15) is 9.59 Å². The summed E-state index contributed by atoms with van der Waals surface area (Å²) in [5.41, 5.74) is 2.51. The van der Waals surface area contributed by atoms with E-state index in [0.717, 1.165) is 38.2 Å². The third kappa shape index (κ3) is 3.70. The van der Waals surface area contributed by atoms with Crippen LogP contribution < -0.4 is 10.6 Å². The SMILES string of the molecule is CN=C(NCCCc1c[nH]c2ccccc12)NCCCN1C(=O)C2C3C=CC(C3)C2C1=O. The molecular weight excluding hydrogens is 402 g/mol. The van der Waals surface area contributed by atoms with Crippen LogP contribution in [-0.2, 0) is 16.0 Å². The van der Waals surface area contributed by atoms with E-state index in [0.29, 0.717) is 13.1 Å². The Morgan fingerprint density at radius 2 is 1.75 bits per heavy atom. The maximum atomic E-state index is 12.7. The van der Waals surface area contributed by atoms with Crippen LogP contribution in [0.5, 0.6) is 0 Å². The molecule has 2 heterocycles. The van der Waals surface area contributed by atoms with Crippen LogP contribution in [0.3, 0.4) is 0 Å². The summed E-state index contributed by atoms with van der Waals surface area (Å²) in [5.74, 6) is 1.18. The number of aryl methyl sites for hydroxylation is 1. The van der Waals surface area contributed by atoms with Crippen molar-refractivity contribution < 1.29 is 9.59 Å². The Bertz CT molecular complexity index is 1040. The first-order valence-corrected chi connectivity index (χ1v) is 11.7. The van der Waals surface area contributed by atoms with Crippen LogP contribution in [0.2, 0.25) is 0 Å². The maximum Gasteiger partial charge on any atom is 0.233 e. The van der Waals surface area contributed by atoms with Crippen LogP contribution in [0.4, 0.5) is 0 Å². The number of nitrogens with one attached hydrogen (secondary N) is 3. The fraction of sp³-hybridized carbons (Fsp3) is 0.480. The van der Waals surface area contributed by atoms with Crippen molar-refractivity contribution >= 4 is 28.7 Å². The van der Waals surface area contributed by atoms with Gasteiger partial charge in [0.05, 0.1) is 11.8 Å². The lowest BCUT2D eigenvalue weighted by Crippen LogP contribution is -2.40. The molecule has 168 valence electrons. The Morgan fingerprint density at radius 3 is 2.47 bits per heavy atom. The van der Waals surface area contributed by atoms with E-state index in [1.54, 1.807) is 7.05 Å². The number of hydrogen-bond donors (Lipinski definition) is 3. The number of fused-ring (bicyclic) bond motifs is 6. The van der Waals surface area contributed by atoms with Crippen LogP contribution in [0.25, 0.3) is 10.9 Å². The molecule has 2 amide bonds. The molecule has 7 heteroatoms. The predicted octanol–water partition coefficient (Wildman–Crippen LogP) is 2.46. The average molecular weight is 434 g/mol. The van der Waals surface area contributed by atoms with Crippen LogP contribution in [0.1, 0.15) is 24.8 Å². The smallest absolute Gasteiger partial charge is 0.233 e. The highest BCUT2D eigenvalue weighted by molar-refractivity contribution is 6.06. The van der Waals surface area contributed by atoms with Gasteiger partial charge in [0.2, 0.25) is 11.8 Å². The molecule has 1 aliphatic heterocycles. The van der Waals surface area contributed by atoms with Crippen molar-refractivity contribution in [2.75, 3.05) is 26.7 Å². The summed E-state index contributed by atoms with van der Waals surface area (Å²) in [4.78, 5) is 34.6. The highest BCUT2D eigenvalue weighted by Gasteiger charge is 2.58. The van der Waals surface area contributed by atoms with Gasteiger partial charge in [-0.1, -0.05) is 30.4 Å². The highest BCUT2D eigenvalue weighted by Crippen LogP contribution is 2.52. The largest absolute Gasteiger partial charge is 0.361 e. The lowest BCUT2D eigenvalue weighted by Gasteiger charge is -2.18. The van der Waals surface area contributed by atoms with Gasteiger partial charge in [0.15, 0.2) is 5.96 Å². The number of rotatable bonds is 8. The van der Waals surface area contributed by atoms with E-state index >= 15 is 0 Å². The first-order valence-electron chi connectivity index (χ1n) is 11.7. The van der Waals surface area contributed by atoms with Gasteiger partial charge in [0, 0.05) is 43.8 Å². The first kappa shape index (κ1) is 20.8. The number of likely N-dealkylation sites (tertiary alicyclic amines) is 1. The third-order valence-corrected chi connectivity index (χ3v) is 7.23. The summed E-state index contributed by atoms with van der Waals surface area (Å²) in [6.45, 7) is 1.97. The van der Waals surface area contributed by atoms with Crippen LogP contribution in [0, 0.1) is 23.7 Å². The summed E-state index contributed by atoms with van der Waals surface area (Å²) < 4.78 is 0. The molecule has 4 atom stereocenters. The number of carbonyl (C=O) groups is 2. The number of nitrogens with zero attached hydrogens (tertiary/aromatic N) is 2. The Hall–Kier alpha value is -3.09. The molecule has 2 aromatic rings. The highest BCUT2D eigenvalue weighted by atomic mass is 16.2. The second-order valence-corrected chi connectivity index (χ2v) is 9.07. The second-order valence-electron chi connectivity index (χ2n) is 9.07. The minimum atomic E-state index is -0.1000. The van der Waals surface area contributed by atoms with Crippen molar-refractivity contribution in [2.45, 2.75) is 25.7 Å². The lowest BCUT2D eigenvalue weighted by molar-refractivity contribution is -0.140. The molecule has 4 unspecified atom stereocenters. The quantitative estimate of drug-likeness (QED) is 0.196.